The first-order valence-electron chi connectivity index (χ1n) is 11.7. The van der Waals surface area contributed by atoms with E-state index < -0.39 is 0 Å². The highest BCUT2D eigenvalue weighted by atomic mass is 19.1. The highest BCUT2D eigenvalue weighted by Crippen LogP contribution is 2.25. The van der Waals surface area contributed by atoms with Gasteiger partial charge in [-0.3, -0.25) is 9.80 Å². The number of aliphatic hydroxyl groups excluding tert-OH is 1. The van der Waals surface area contributed by atoms with Crippen molar-refractivity contribution in [3.8, 4) is 5.69 Å². The van der Waals surface area contributed by atoms with E-state index in [0.717, 1.165) is 38.2 Å². The molecule has 0 radical (unpaired) electrons. The number of halogens is 1. The van der Waals surface area contributed by atoms with Crippen molar-refractivity contribution in [3.63, 3.8) is 0 Å². The molecule has 2 saturated heterocycles. The lowest BCUT2D eigenvalue weighted by molar-refractivity contribution is -0.0000322. The Hall–Kier alpha value is -1.80. The maximum Gasteiger partial charge on any atom is 0.148 e. The van der Waals surface area contributed by atoms with Gasteiger partial charge in [-0.25, -0.2) is 9.07 Å². The van der Waals surface area contributed by atoms with Crippen molar-refractivity contribution in [2.24, 2.45) is 0 Å². The molecule has 0 bridgehead atoms. The van der Waals surface area contributed by atoms with E-state index in [1.807, 2.05) is 18.5 Å². The molecule has 2 aromatic rings. The molecule has 1 N–H and O–H groups in total. The number of benzene rings is 1. The van der Waals surface area contributed by atoms with Gasteiger partial charge < -0.3 is 10.0 Å². The molecule has 2 aliphatic rings. The average molecular weight is 430 g/mol. The molecule has 2 aliphatic heterocycles. The molecule has 0 amide bonds. The molecule has 170 valence electrons. The summed E-state index contributed by atoms with van der Waals surface area (Å²) in [5, 5.41) is 14.1. The summed E-state index contributed by atoms with van der Waals surface area (Å²) >= 11 is 0. The third-order valence-electron chi connectivity index (χ3n) is 6.91. The molecule has 0 saturated carbocycles. The van der Waals surface area contributed by atoms with E-state index in [9.17, 15) is 9.50 Å². The summed E-state index contributed by atoms with van der Waals surface area (Å²) < 4.78 is 15.7. The van der Waals surface area contributed by atoms with E-state index in [-0.39, 0.29) is 12.4 Å². The lowest BCUT2D eigenvalue weighted by atomic mass is 9.97. The number of aromatic nitrogens is 2. The molecule has 0 unspecified atom stereocenters. The van der Waals surface area contributed by atoms with Crippen LogP contribution in [-0.2, 0) is 6.54 Å². The van der Waals surface area contributed by atoms with Crippen LogP contribution in [-0.4, -0.2) is 87.0 Å². The first-order chi connectivity index (χ1) is 15.0. The SMILES string of the molecule is CC(C)N1CCC(N2CCN(Cc3cnn(-c4ccccc4F)c3)C[C@@H]2CCO)CC1. The van der Waals surface area contributed by atoms with Gasteiger partial charge in [0, 0.05) is 62.7 Å². The molecule has 0 spiro atoms. The average Bonchev–Trinajstić information content (AvgIpc) is 3.23. The quantitative estimate of drug-likeness (QED) is 0.734. The predicted molar refractivity (Wildman–Crippen MR) is 121 cm³/mol. The normalized spacial score (nSPS) is 22.4. The summed E-state index contributed by atoms with van der Waals surface area (Å²) in [6.07, 6.45) is 7.01. The van der Waals surface area contributed by atoms with Gasteiger partial charge in [0.2, 0.25) is 0 Å². The first kappa shape index (κ1) is 22.4. The topological polar surface area (TPSA) is 47.8 Å². The number of rotatable bonds is 7. The molecule has 1 aromatic carbocycles. The van der Waals surface area contributed by atoms with Gasteiger partial charge in [0.1, 0.15) is 11.5 Å². The fraction of sp³-hybridized carbons (Fsp3) is 0.625. The smallest absolute Gasteiger partial charge is 0.148 e. The highest BCUT2D eigenvalue weighted by molar-refractivity contribution is 5.32. The number of hydrogen-bond acceptors (Lipinski definition) is 5. The largest absolute Gasteiger partial charge is 0.396 e. The summed E-state index contributed by atoms with van der Waals surface area (Å²) in [5.41, 5.74) is 1.56. The fourth-order valence-electron chi connectivity index (χ4n) is 5.17. The van der Waals surface area contributed by atoms with E-state index >= 15 is 0 Å². The molecular weight excluding hydrogens is 393 g/mol. The lowest BCUT2D eigenvalue weighted by Gasteiger charge is -2.48. The summed E-state index contributed by atoms with van der Waals surface area (Å²) in [7, 11) is 0. The molecule has 6 nitrogen and oxygen atoms in total. The highest BCUT2D eigenvalue weighted by Gasteiger charge is 2.33. The Labute approximate surface area is 185 Å². The molecular formula is C24H36FN5O. The van der Waals surface area contributed by atoms with Crippen LogP contribution in [0.4, 0.5) is 4.39 Å². The maximum atomic E-state index is 14.1. The van der Waals surface area contributed by atoms with Gasteiger partial charge in [-0.15, -0.1) is 0 Å². The molecule has 1 aromatic heterocycles. The number of likely N-dealkylation sites (tertiary alicyclic amines) is 1. The molecule has 0 aliphatic carbocycles. The van der Waals surface area contributed by atoms with E-state index in [4.69, 9.17) is 0 Å². The van der Waals surface area contributed by atoms with Crippen LogP contribution in [0.25, 0.3) is 5.69 Å². The van der Waals surface area contributed by atoms with Crippen molar-refractivity contribution in [2.75, 3.05) is 39.3 Å². The summed E-state index contributed by atoms with van der Waals surface area (Å²) in [5.74, 6) is -0.266. The second kappa shape index (κ2) is 10.2. The zero-order valence-electron chi connectivity index (χ0n) is 18.8. The van der Waals surface area contributed by atoms with Crippen LogP contribution in [0.15, 0.2) is 36.7 Å². The number of piperazine rings is 1. The lowest BCUT2D eigenvalue weighted by Crippen LogP contribution is -2.58. The van der Waals surface area contributed by atoms with E-state index in [2.05, 4.69) is 33.6 Å². The van der Waals surface area contributed by atoms with Gasteiger partial charge >= 0.3 is 0 Å². The van der Waals surface area contributed by atoms with Crippen molar-refractivity contribution in [2.45, 2.75) is 57.8 Å². The minimum Gasteiger partial charge on any atom is -0.396 e. The van der Waals surface area contributed by atoms with Crippen molar-refractivity contribution in [1.82, 2.24) is 24.5 Å². The number of hydrogen-bond donors (Lipinski definition) is 1. The minimum absolute atomic E-state index is 0.227. The van der Waals surface area contributed by atoms with Crippen LogP contribution in [0.1, 0.15) is 38.7 Å². The van der Waals surface area contributed by atoms with E-state index in [0.29, 0.717) is 23.8 Å². The summed E-state index contributed by atoms with van der Waals surface area (Å²) in [4.78, 5) is 7.68. The van der Waals surface area contributed by atoms with Gasteiger partial charge in [-0.05, 0) is 58.3 Å². The van der Waals surface area contributed by atoms with Crippen molar-refractivity contribution in [3.05, 3.63) is 48.0 Å². The Morgan fingerprint density at radius 1 is 1.13 bits per heavy atom. The summed E-state index contributed by atoms with van der Waals surface area (Å²) in [6.45, 7) is 10.9. The molecule has 3 heterocycles. The standard InChI is InChI=1S/C24H36FN5O/c1-19(2)28-10-7-21(8-11-28)29-13-12-27(18-22(29)9-14-31)16-20-15-26-30(17-20)24-6-4-3-5-23(24)25/h3-6,15,17,19,21-22,31H,7-14,16,18H2,1-2H3/t22-/m0/s1. The van der Waals surface area contributed by atoms with Crippen molar-refractivity contribution >= 4 is 0 Å². The van der Waals surface area contributed by atoms with Crippen LogP contribution in [0.2, 0.25) is 0 Å². The van der Waals surface area contributed by atoms with Crippen LogP contribution < -0.4 is 0 Å². The minimum atomic E-state index is -0.266. The number of piperidine rings is 1. The third-order valence-corrected chi connectivity index (χ3v) is 6.91. The van der Waals surface area contributed by atoms with Crippen molar-refractivity contribution < 1.29 is 9.50 Å². The Kier molecular flexibility index (Phi) is 7.38. The first-order valence-corrected chi connectivity index (χ1v) is 11.7. The van der Waals surface area contributed by atoms with Gasteiger partial charge in [0.25, 0.3) is 0 Å². The molecule has 2 fully saturated rings. The van der Waals surface area contributed by atoms with E-state index in [1.165, 1.54) is 32.0 Å². The van der Waals surface area contributed by atoms with Gasteiger partial charge in [-0.2, -0.15) is 5.10 Å². The van der Waals surface area contributed by atoms with E-state index in [1.54, 1.807) is 16.8 Å². The van der Waals surface area contributed by atoms with Crippen LogP contribution >= 0.6 is 0 Å². The molecule has 4 rings (SSSR count). The Balaban J connectivity index is 1.36. The Bertz CT molecular complexity index is 833. The fourth-order valence-corrected chi connectivity index (χ4v) is 5.17. The molecule has 7 heteroatoms. The Morgan fingerprint density at radius 3 is 2.61 bits per heavy atom. The predicted octanol–water partition coefficient (Wildman–Crippen LogP) is 2.75. The van der Waals surface area contributed by atoms with Crippen LogP contribution in [0.3, 0.4) is 0 Å². The molecule has 1 atom stereocenters. The number of para-hydroxylation sites is 1. The second-order valence-corrected chi connectivity index (χ2v) is 9.24. The van der Waals surface area contributed by atoms with Crippen LogP contribution in [0.5, 0.6) is 0 Å². The van der Waals surface area contributed by atoms with Crippen LogP contribution in [0, 0.1) is 5.82 Å². The zero-order valence-corrected chi connectivity index (χ0v) is 18.8. The third kappa shape index (κ3) is 5.34. The zero-order chi connectivity index (χ0) is 21.8. The summed E-state index contributed by atoms with van der Waals surface area (Å²) in [6, 6.07) is 8.35. The maximum absolute atomic E-state index is 14.1. The monoisotopic (exact) mass is 429 g/mol. The van der Waals surface area contributed by atoms with Crippen molar-refractivity contribution in [1.29, 1.82) is 0 Å². The van der Waals surface area contributed by atoms with Gasteiger partial charge in [0.15, 0.2) is 0 Å². The number of aliphatic hydroxyl groups is 1. The second-order valence-electron chi connectivity index (χ2n) is 9.24. The number of nitrogens with zero attached hydrogens (tertiary/aromatic N) is 5. The van der Waals surface area contributed by atoms with Gasteiger partial charge in [-0.1, -0.05) is 12.1 Å². The Morgan fingerprint density at radius 2 is 1.90 bits per heavy atom. The molecule has 31 heavy (non-hydrogen) atoms. The van der Waals surface area contributed by atoms with Gasteiger partial charge in [0.05, 0.1) is 6.20 Å².